The molecular formula is C31H34F3NO3. The molecule has 3 aromatic rings. The molecule has 0 amide bonds. The molecule has 2 aliphatic rings. The predicted octanol–water partition coefficient (Wildman–Crippen LogP) is 6.51. The SMILES string of the molecule is Cc1ncccc1COc1ccc2c(c1)CC[C@@H]1C[C@@](O)(COCC(F)(F)F)CC[C@@]21Cc1ccccc1. The Morgan fingerprint density at radius 3 is 2.63 bits per heavy atom. The summed E-state index contributed by atoms with van der Waals surface area (Å²) in [5.74, 6) is 0.946. The summed E-state index contributed by atoms with van der Waals surface area (Å²) >= 11 is 0. The number of aryl methyl sites for hydroxylation is 2. The molecule has 1 N–H and O–H groups in total. The molecule has 0 saturated heterocycles. The summed E-state index contributed by atoms with van der Waals surface area (Å²) in [6.45, 7) is 0.787. The zero-order valence-corrected chi connectivity index (χ0v) is 21.6. The Labute approximate surface area is 221 Å². The van der Waals surface area contributed by atoms with Crippen LogP contribution in [0.2, 0.25) is 0 Å². The van der Waals surface area contributed by atoms with Crippen molar-refractivity contribution in [2.24, 2.45) is 5.92 Å². The second kappa shape index (κ2) is 10.7. The zero-order valence-electron chi connectivity index (χ0n) is 21.6. The van der Waals surface area contributed by atoms with E-state index in [9.17, 15) is 18.3 Å². The Hall–Kier alpha value is -2.90. The van der Waals surface area contributed by atoms with Gasteiger partial charge in [0.1, 0.15) is 19.0 Å². The second-order valence-corrected chi connectivity index (χ2v) is 10.9. The molecule has 1 fully saturated rings. The summed E-state index contributed by atoms with van der Waals surface area (Å²) in [6, 6.07) is 20.6. The van der Waals surface area contributed by atoms with Gasteiger partial charge in [0.2, 0.25) is 0 Å². The van der Waals surface area contributed by atoms with E-state index in [0.717, 1.165) is 36.3 Å². The summed E-state index contributed by atoms with van der Waals surface area (Å²) in [5.41, 5.74) is 4.27. The summed E-state index contributed by atoms with van der Waals surface area (Å²) < 4.78 is 49.0. The number of aromatic nitrogens is 1. The number of fused-ring (bicyclic) bond motifs is 3. The molecule has 4 nitrogen and oxygen atoms in total. The van der Waals surface area contributed by atoms with Gasteiger partial charge in [-0.3, -0.25) is 4.98 Å². The third-order valence-corrected chi connectivity index (χ3v) is 8.33. The van der Waals surface area contributed by atoms with Crippen molar-refractivity contribution in [3.8, 4) is 5.75 Å². The first-order valence-corrected chi connectivity index (χ1v) is 13.2. The van der Waals surface area contributed by atoms with Crippen molar-refractivity contribution < 1.29 is 27.8 Å². The van der Waals surface area contributed by atoms with Gasteiger partial charge in [0, 0.05) is 22.9 Å². The number of rotatable bonds is 8. The van der Waals surface area contributed by atoms with E-state index in [1.165, 1.54) is 16.7 Å². The molecule has 0 bridgehead atoms. The summed E-state index contributed by atoms with van der Waals surface area (Å²) in [4.78, 5) is 4.33. The summed E-state index contributed by atoms with van der Waals surface area (Å²) in [6.07, 6.45) is 1.38. The quantitative estimate of drug-likeness (QED) is 0.365. The lowest BCUT2D eigenvalue weighted by molar-refractivity contribution is -0.192. The number of hydrogen-bond acceptors (Lipinski definition) is 4. The molecule has 1 aromatic heterocycles. The molecule has 1 heterocycles. The van der Waals surface area contributed by atoms with Crippen LogP contribution < -0.4 is 4.74 Å². The Morgan fingerprint density at radius 1 is 1.05 bits per heavy atom. The molecule has 38 heavy (non-hydrogen) atoms. The number of nitrogens with zero attached hydrogens (tertiary/aromatic N) is 1. The number of pyridine rings is 1. The average molecular weight is 526 g/mol. The van der Waals surface area contributed by atoms with Crippen molar-refractivity contribution in [3.05, 3.63) is 94.8 Å². The van der Waals surface area contributed by atoms with Gasteiger partial charge in [-0.1, -0.05) is 42.5 Å². The maximum Gasteiger partial charge on any atom is 0.411 e. The molecule has 0 aliphatic heterocycles. The van der Waals surface area contributed by atoms with E-state index in [4.69, 9.17) is 9.47 Å². The third-order valence-electron chi connectivity index (χ3n) is 8.33. The van der Waals surface area contributed by atoms with Crippen LogP contribution in [-0.2, 0) is 29.6 Å². The van der Waals surface area contributed by atoms with Crippen LogP contribution in [-0.4, -0.2) is 35.1 Å². The number of aliphatic hydroxyl groups is 1. The van der Waals surface area contributed by atoms with Crippen molar-refractivity contribution in [3.63, 3.8) is 0 Å². The van der Waals surface area contributed by atoms with Crippen LogP contribution in [0.4, 0.5) is 13.2 Å². The minimum absolute atomic E-state index is 0.133. The molecule has 7 heteroatoms. The minimum atomic E-state index is -4.40. The third kappa shape index (κ3) is 5.89. The number of halogens is 3. The van der Waals surface area contributed by atoms with Gasteiger partial charge in [-0.25, -0.2) is 0 Å². The Kier molecular flexibility index (Phi) is 7.51. The van der Waals surface area contributed by atoms with Gasteiger partial charge < -0.3 is 14.6 Å². The van der Waals surface area contributed by atoms with Crippen molar-refractivity contribution >= 4 is 0 Å². The first-order valence-electron chi connectivity index (χ1n) is 13.2. The minimum Gasteiger partial charge on any atom is -0.489 e. The van der Waals surface area contributed by atoms with Crippen LogP contribution >= 0.6 is 0 Å². The topological polar surface area (TPSA) is 51.6 Å². The molecule has 1 saturated carbocycles. The fourth-order valence-electron chi connectivity index (χ4n) is 6.44. The standard InChI is InChI=1S/C31H34F3NO3/c1-22-25(8-5-15-35-22)19-38-27-11-12-28-24(16-27)9-10-26-18-29(36,20-37-21-31(32,33)34)13-14-30(26,28)17-23-6-3-2-4-7-23/h2-8,11-12,15-16,26,36H,9-10,13-14,17-21H2,1H3/t26-,29-,30+/m1/s1. The monoisotopic (exact) mass is 525 g/mol. The molecule has 5 rings (SSSR count). The van der Waals surface area contributed by atoms with Crippen molar-refractivity contribution in [2.45, 2.75) is 69.2 Å². The highest BCUT2D eigenvalue weighted by atomic mass is 19.4. The second-order valence-electron chi connectivity index (χ2n) is 10.9. The van der Waals surface area contributed by atoms with Crippen LogP contribution in [0.3, 0.4) is 0 Å². The first-order chi connectivity index (χ1) is 18.2. The van der Waals surface area contributed by atoms with Crippen LogP contribution in [0.5, 0.6) is 5.75 Å². The molecule has 202 valence electrons. The highest BCUT2D eigenvalue weighted by Crippen LogP contribution is 2.54. The lowest BCUT2D eigenvalue weighted by Gasteiger charge is -2.53. The fourth-order valence-corrected chi connectivity index (χ4v) is 6.44. The Balaban J connectivity index is 1.39. The predicted molar refractivity (Wildman–Crippen MR) is 139 cm³/mol. The van der Waals surface area contributed by atoms with E-state index in [0.29, 0.717) is 25.9 Å². The summed E-state index contributed by atoms with van der Waals surface area (Å²) in [5, 5.41) is 11.3. The highest BCUT2D eigenvalue weighted by Gasteiger charge is 2.51. The largest absolute Gasteiger partial charge is 0.489 e. The lowest BCUT2D eigenvalue weighted by atomic mass is 9.52. The van der Waals surface area contributed by atoms with Gasteiger partial charge in [0.25, 0.3) is 0 Å². The van der Waals surface area contributed by atoms with Crippen LogP contribution in [0.25, 0.3) is 0 Å². The van der Waals surface area contributed by atoms with E-state index in [-0.39, 0.29) is 17.9 Å². The number of alkyl halides is 3. The zero-order chi connectivity index (χ0) is 26.8. The molecule has 3 atom stereocenters. The van der Waals surface area contributed by atoms with Gasteiger partial charge in [0.05, 0.1) is 12.2 Å². The van der Waals surface area contributed by atoms with E-state index < -0.39 is 18.4 Å². The van der Waals surface area contributed by atoms with Gasteiger partial charge in [-0.05, 0) is 86.3 Å². The molecule has 0 spiro atoms. The van der Waals surface area contributed by atoms with Crippen LogP contribution in [0.1, 0.15) is 53.6 Å². The maximum absolute atomic E-state index is 12.7. The van der Waals surface area contributed by atoms with Gasteiger partial charge in [-0.15, -0.1) is 0 Å². The normalized spacial score (nSPS) is 24.9. The van der Waals surface area contributed by atoms with Crippen LogP contribution in [0.15, 0.2) is 66.9 Å². The lowest BCUT2D eigenvalue weighted by Crippen LogP contribution is -2.53. The molecule has 0 unspecified atom stereocenters. The molecule has 2 aliphatic carbocycles. The van der Waals surface area contributed by atoms with E-state index in [1.54, 1.807) is 6.20 Å². The number of hydrogen-bond donors (Lipinski definition) is 1. The number of ether oxygens (including phenoxy) is 2. The molecular weight excluding hydrogens is 491 g/mol. The Morgan fingerprint density at radius 2 is 1.87 bits per heavy atom. The van der Waals surface area contributed by atoms with Crippen LogP contribution in [0, 0.1) is 12.8 Å². The van der Waals surface area contributed by atoms with Gasteiger partial charge in [0.15, 0.2) is 0 Å². The van der Waals surface area contributed by atoms with E-state index in [2.05, 4.69) is 29.2 Å². The average Bonchev–Trinajstić information content (AvgIpc) is 2.88. The molecule has 0 radical (unpaired) electrons. The van der Waals surface area contributed by atoms with E-state index in [1.807, 2.05) is 43.3 Å². The highest BCUT2D eigenvalue weighted by molar-refractivity contribution is 5.45. The molecule has 2 aromatic carbocycles. The van der Waals surface area contributed by atoms with E-state index >= 15 is 0 Å². The van der Waals surface area contributed by atoms with Gasteiger partial charge in [-0.2, -0.15) is 13.2 Å². The van der Waals surface area contributed by atoms with Gasteiger partial charge >= 0.3 is 6.18 Å². The van der Waals surface area contributed by atoms with Crippen molar-refractivity contribution in [2.75, 3.05) is 13.2 Å². The fraction of sp³-hybridized carbons (Fsp3) is 0.452. The Bertz CT molecular complexity index is 1250. The smallest absolute Gasteiger partial charge is 0.411 e. The van der Waals surface area contributed by atoms with Crippen molar-refractivity contribution in [1.29, 1.82) is 0 Å². The summed E-state index contributed by atoms with van der Waals surface area (Å²) in [7, 11) is 0. The first kappa shape index (κ1) is 26.7. The number of benzene rings is 2. The maximum atomic E-state index is 12.7. The van der Waals surface area contributed by atoms with Crippen molar-refractivity contribution in [1.82, 2.24) is 4.98 Å².